The molecule has 8 nitrogen and oxygen atoms in total. The lowest BCUT2D eigenvalue weighted by molar-refractivity contribution is -0.119. The average Bonchev–Trinajstić information content (AvgIpc) is 3.32. The highest BCUT2D eigenvalue weighted by Gasteiger charge is 2.40. The van der Waals surface area contributed by atoms with E-state index >= 15 is 0 Å². The van der Waals surface area contributed by atoms with E-state index in [2.05, 4.69) is 15.6 Å². The van der Waals surface area contributed by atoms with Crippen LogP contribution in [0.1, 0.15) is 53.1 Å². The topological polar surface area (TPSA) is 97.2 Å². The first kappa shape index (κ1) is 19.5. The molecule has 8 heteroatoms. The molecule has 3 aromatic rings. The van der Waals surface area contributed by atoms with Gasteiger partial charge in [0.2, 0.25) is 5.91 Å². The second kappa shape index (κ2) is 7.55. The largest absolute Gasteiger partial charge is 0.324 e. The summed E-state index contributed by atoms with van der Waals surface area (Å²) in [6.45, 7) is 5.63. The van der Waals surface area contributed by atoms with Crippen LogP contribution in [0.2, 0.25) is 0 Å². The van der Waals surface area contributed by atoms with Gasteiger partial charge in [-0.1, -0.05) is 37.3 Å². The molecule has 0 spiro atoms. The van der Waals surface area contributed by atoms with Crippen molar-refractivity contribution in [1.82, 2.24) is 19.9 Å². The van der Waals surface area contributed by atoms with E-state index in [4.69, 9.17) is 0 Å². The van der Waals surface area contributed by atoms with Crippen molar-refractivity contribution in [2.45, 2.75) is 32.7 Å². The van der Waals surface area contributed by atoms with Gasteiger partial charge in [0.1, 0.15) is 6.04 Å². The Morgan fingerprint density at radius 2 is 1.63 bits per heavy atom. The summed E-state index contributed by atoms with van der Waals surface area (Å²) in [5.74, 6) is -1.15. The van der Waals surface area contributed by atoms with Gasteiger partial charge < -0.3 is 5.32 Å². The number of amides is 3. The maximum atomic E-state index is 12.8. The van der Waals surface area contributed by atoms with Crippen molar-refractivity contribution in [3.63, 3.8) is 0 Å². The highest BCUT2D eigenvalue weighted by molar-refractivity contribution is 6.23. The van der Waals surface area contributed by atoms with Gasteiger partial charge in [0.05, 0.1) is 28.7 Å². The fourth-order valence-electron chi connectivity index (χ4n) is 3.48. The van der Waals surface area contributed by atoms with Crippen LogP contribution in [-0.2, 0) is 4.79 Å². The Morgan fingerprint density at radius 3 is 2.27 bits per heavy atom. The Kier molecular flexibility index (Phi) is 4.91. The van der Waals surface area contributed by atoms with Gasteiger partial charge in [-0.15, -0.1) is 5.10 Å². The van der Waals surface area contributed by atoms with E-state index in [1.165, 1.54) is 6.92 Å². The van der Waals surface area contributed by atoms with Crippen molar-refractivity contribution in [3.05, 3.63) is 71.5 Å². The highest BCUT2D eigenvalue weighted by Crippen LogP contribution is 2.25. The van der Waals surface area contributed by atoms with Gasteiger partial charge in [-0.2, -0.15) is 0 Å². The lowest BCUT2D eigenvalue weighted by Crippen LogP contribution is -2.45. The second-order valence-corrected chi connectivity index (χ2v) is 7.47. The number of hydrogen-bond acceptors (Lipinski definition) is 5. The molecule has 1 N–H and O–H groups in total. The number of nitrogens with one attached hydrogen (secondary N) is 1. The lowest BCUT2D eigenvalue weighted by atomic mass is 10.1. The van der Waals surface area contributed by atoms with E-state index in [1.807, 2.05) is 19.9 Å². The summed E-state index contributed by atoms with van der Waals surface area (Å²) < 4.78 is 1.72. The molecule has 0 aliphatic carbocycles. The first-order chi connectivity index (χ1) is 14.4. The maximum absolute atomic E-state index is 12.8. The third-order valence-corrected chi connectivity index (χ3v) is 5.12. The van der Waals surface area contributed by atoms with Crippen LogP contribution in [0.5, 0.6) is 0 Å². The summed E-state index contributed by atoms with van der Waals surface area (Å²) in [5.41, 5.74) is 2.86. The molecule has 1 aliphatic heterocycles. The van der Waals surface area contributed by atoms with Crippen LogP contribution in [0.25, 0.3) is 5.69 Å². The molecule has 1 aromatic heterocycles. The van der Waals surface area contributed by atoms with Crippen molar-refractivity contribution in [2.75, 3.05) is 5.32 Å². The number of anilines is 1. The van der Waals surface area contributed by atoms with Crippen LogP contribution in [0.3, 0.4) is 0 Å². The van der Waals surface area contributed by atoms with Crippen molar-refractivity contribution in [3.8, 4) is 5.69 Å². The number of imide groups is 1. The van der Waals surface area contributed by atoms with Crippen molar-refractivity contribution >= 4 is 23.4 Å². The first-order valence-electron chi connectivity index (χ1n) is 9.67. The zero-order chi connectivity index (χ0) is 21.4. The molecular formula is C22H21N5O3. The summed E-state index contributed by atoms with van der Waals surface area (Å²) >= 11 is 0. The normalized spacial score (nSPS) is 14.2. The molecule has 0 radical (unpaired) electrons. The minimum atomic E-state index is -0.960. The molecule has 0 saturated heterocycles. The van der Waals surface area contributed by atoms with Crippen LogP contribution in [-0.4, -0.2) is 43.7 Å². The SMILES string of the molecule is CC(C)c1cnnn1-c1cccc(NC(=O)C(C)N2C(=O)c3ccccc3C2=O)c1. The van der Waals surface area contributed by atoms with Gasteiger partial charge >= 0.3 is 0 Å². The smallest absolute Gasteiger partial charge is 0.262 e. The van der Waals surface area contributed by atoms with Gasteiger partial charge in [-0.3, -0.25) is 19.3 Å². The number of carbonyl (C=O) groups is 3. The molecule has 30 heavy (non-hydrogen) atoms. The van der Waals surface area contributed by atoms with E-state index in [0.717, 1.165) is 16.3 Å². The van der Waals surface area contributed by atoms with E-state index in [-0.39, 0.29) is 5.92 Å². The van der Waals surface area contributed by atoms with Crippen LogP contribution in [0.4, 0.5) is 5.69 Å². The Morgan fingerprint density at radius 1 is 0.967 bits per heavy atom. The zero-order valence-corrected chi connectivity index (χ0v) is 16.9. The Labute approximate surface area is 173 Å². The number of carbonyl (C=O) groups excluding carboxylic acids is 3. The number of benzene rings is 2. The summed E-state index contributed by atoms with van der Waals surface area (Å²) in [5, 5.41) is 10.9. The molecule has 2 aromatic carbocycles. The fourth-order valence-corrected chi connectivity index (χ4v) is 3.48. The number of rotatable bonds is 5. The minimum absolute atomic E-state index is 0.229. The summed E-state index contributed by atoms with van der Waals surface area (Å²) in [6.07, 6.45) is 1.71. The van der Waals surface area contributed by atoms with Gasteiger partial charge in [-0.25, -0.2) is 4.68 Å². The Hall–Kier alpha value is -3.81. The number of nitrogens with zero attached hydrogens (tertiary/aromatic N) is 4. The molecule has 2 heterocycles. The molecule has 1 unspecified atom stereocenters. The standard InChI is InChI=1S/C22H21N5O3/c1-13(2)19-12-23-25-27(19)16-8-6-7-15(11-16)24-20(28)14(3)26-21(29)17-9-4-5-10-18(17)22(26)30/h4-14H,1-3H3,(H,24,28). The van der Waals surface area contributed by atoms with E-state index in [9.17, 15) is 14.4 Å². The second-order valence-electron chi connectivity index (χ2n) is 7.47. The predicted molar refractivity (Wildman–Crippen MR) is 110 cm³/mol. The van der Waals surface area contributed by atoms with Crippen LogP contribution in [0.15, 0.2) is 54.7 Å². The minimum Gasteiger partial charge on any atom is -0.324 e. The monoisotopic (exact) mass is 403 g/mol. The fraction of sp³-hybridized carbons (Fsp3) is 0.227. The Bertz CT molecular complexity index is 1120. The highest BCUT2D eigenvalue weighted by atomic mass is 16.2. The van der Waals surface area contributed by atoms with Crippen molar-refractivity contribution in [2.24, 2.45) is 0 Å². The Balaban J connectivity index is 1.54. The first-order valence-corrected chi connectivity index (χ1v) is 9.67. The molecule has 4 rings (SSSR count). The van der Waals surface area contributed by atoms with Gasteiger partial charge in [0.25, 0.3) is 11.8 Å². The van der Waals surface area contributed by atoms with Crippen LogP contribution in [0, 0.1) is 0 Å². The third-order valence-electron chi connectivity index (χ3n) is 5.12. The summed E-state index contributed by atoms with van der Waals surface area (Å²) in [4.78, 5) is 39.1. The number of fused-ring (bicyclic) bond motifs is 1. The molecule has 0 saturated carbocycles. The quantitative estimate of drug-likeness (QED) is 0.661. The summed E-state index contributed by atoms with van der Waals surface area (Å²) in [6, 6.07) is 12.8. The van der Waals surface area contributed by atoms with Gasteiger partial charge in [-0.05, 0) is 43.2 Å². The molecule has 1 aliphatic rings. The lowest BCUT2D eigenvalue weighted by Gasteiger charge is -2.22. The average molecular weight is 403 g/mol. The number of hydrogen-bond donors (Lipinski definition) is 1. The third kappa shape index (κ3) is 3.26. The molecule has 3 amide bonds. The van der Waals surface area contributed by atoms with E-state index in [1.54, 1.807) is 53.3 Å². The van der Waals surface area contributed by atoms with Gasteiger partial charge in [0.15, 0.2) is 0 Å². The van der Waals surface area contributed by atoms with E-state index in [0.29, 0.717) is 16.8 Å². The van der Waals surface area contributed by atoms with Crippen molar-refractivity contribution in [1.29, 1.82) is 0 Å². The summed E-state index contributed by atoms with van der Waals surface area (Å²) in [7, 11) is 0. The van der Waals surface area contributed by atoms with Crippen LogP contribution < -0.4 is 5.32 Å². The molecule has 152 valence electrons. The number of aromatic nitrogens is 3. The molecular weight excluding hydrogens is 382 g/mol. The van der Waals surface area contributed by atoms with Crippen molar-refractivity contribution < 1.29 is 14.4 Å². The predicted octanol–water partition coefficient (Wildman–Crippen LogP) is 3.01. The zero-order valence-electron chi connectivity index (χ0n) is 16.9. The van der Waals surface area contributed by atoms with Gasteiger partial charge in [0, 0.05) is 5.69 Å². The molecule has 0 bridgehead atoms. The molecule has 1 atom stereocenters. The molecule has 0 fully saturated rings. The van der Waals surface area contributed by atoms with E-state index < -0.39 is 23.8 Å². The van der Waals surface area contributed by atoms with Crippen LogP contribution >= 0.6 is 0 Å². The maximum Gasteiger partial charge on any atom is 0.262 e.